The minimum atomic E-state index is -4.93. The van der Waals surface area contributed by atoms with Crippen LogP contribution in [0.15, 0.2) is 171 Å². The minimum absolute atomic E-state index is 0. The van der Waals surface area contributed by atoms with E-state index < -0.39 is 87.7 Å². The van der Waals surface area contributed by atoms with Crippen LogP contribution in [0.5, 0.6) is 0 Å². The first-order valence-corrected chi connectivity index (χ1v) is 25.5. The average Bonchev–Trinajstić information content (AvgIpc) is 3.30. The van der Waals surface area contributed by atoms with E-state index in [0.717, 1.165) is 60.7 Å². The quantitative estimate of drug-likeness (QED) is 0.0218. The van der Waals surface area contributed by atoms with Crippen molar-refractivity contribution in [1.82, 2.24) is 0 Å². The van der Waals surface area contributed by atoms with Crippen LogP contribution in [0.4, 0.5) is 56.9 Å². The van der Waals surface area contributed by atoms with E-state index in [4.69, 9.17) is 11.5 Å². The van der Waals surface area contributed by atoms with Crippen LogP contribution >= 0.6 is 0 Å². The van der Waals surface area contributed by atoms with Crippen LogP contribution < -0.4 is 97.8 Å². The van der Waals surface area contributed by atoms with Crippen molar-refractivity contribution < 1.29 is 143 Å². The van der Waals surface area contributed by atoms with Crippen LogP contribution in [0.25, 0.3) is 27.6 Å². The van der Waals surface area contributed by atoms with Gasteiger partial charge in [0.15, 0.2) is 0 Å². The average molecular weight is 1120 g/mol. The van der Waals surface area contributed by atoms with Gasteiger partial charge in [-0.2, -0.15) is 38.8 Å². The minimum Gasteiger partial charge on any atom is -0.397 e. The van der Waals surface area contributed by atoms with Crippen molar-refractivity contribution in [3.8, 4) is 0 Å². The van der Waals surface area contributed by atoms with Crippen molar-refractivity contribution in [3.63, 3.8) is 0 Å². The van der Waals surface area contributed by atoms with Gasteiger partial charge in [-0.25, -0.2) is 0 Å². The summed E-state index contributed by atoms with van der Waals surface area (Å²) in [6, 6.07) is 21.9. The number of Topliss-reactive ketones (excluding diaryl/α,β-unsaturated/α-hetero) is 1. The molecule has 7 aromatic rings. The Balaban J connectivity index is 0.00000446. The Morgan fingerprint density at radius 2 is 1.00 bits per heavy atom. The number of benzene rings is 7. The molecule has 0 saturated carbocycles. The number of hydrazone groups is 1. The number of nitrogens with zero attached hydrogens (tertiary/aromatic N) is 8. The first-order valence-electron chi connectivity index (χ1n) is 19.7. The van der Waals surface area contributed by atoms with Crippen LogP contribution in [-0.2, 0) is 40.5 Å². The third-order valence-corrected chi connectivity index (χ3v) is 14.0. The summed E-state index contributed by atoms with van der Waals surface area (Å²) in [5, 5.41) is 41.4. The van der Waals surface area contributed by atoms with E-state index in [9.17, 15) is 66.8 Å². The Morgan fingerprint density at radius 3 is 1.57 bits per heavy atom. The predicted octanol–water partition coefficient (Wildman–Crippen LogP) is 2.98. The van der Waals surface area contributed by atoms with E-state index in [-0.39, 0.29) is 148 Å². The zero-order valence-corrected chi connectivity index (χ0v) is 46.1. The van der Waals surface area contributed by atoms with Crippen molar-refractivity contribution in [2.45, 2.75) is 19.6 Å². The first-order chi connectivity index (χ1) is 33.8. The summed E-state index contributed by atoms with van der Waals surface area (Å²) in [5.74, 6) is -0.960. The Morgan fingerprint density at radius 1 is 0.514 bits per heavy atom. The molecule has 1 aliphatic carbocycles. The molecule has 366 valence electrons. The molecular formula is C42H29KN11NaO15S4+2. The maximum atomic E-state index is 14.1. The number of carbonyl (C=O) groups is 1. The number of nitrogens with one attached hydrogen (secondary N) is 1. The normalized spacial score (nSPS) is 13.7. The summed E-state index contributed by atoms with van der Waals surface area (Å²) in [5.41, 5.74) is 11.7. The summed E-state index contributed by atoms with van der Waals surface area (Å²) in [7, 11) is -19.5. The number of ketones is 1. The van der Waals surface area contributed by atoms with Crippen LogP contribution in [-0.4, -0.2) is 68.3 Å². The van der Waals surface area contributed by atoms with Gasteiger partial charge < -0.3 is 11.5 Å². The molecule has 1 aliphatic rings. The Bertz CT molecular complexity index is 4180. The molecule has 7 aromatic carbocycles. The molecule has 26 nitrogen and oxygen atoms in total. The molecule has 0 amide bonds. The van der Waals surface area contributed by atoms with Gasteiger partial charge in [-0.3, -0.25) is 38.5 Å². The molecule has 0 saturated heterocycles. The van der Waals surface area contributed by atoms with Crippen molar-refractivity contribution in [2.24, 2.45) is 35.8 Å². The van der Waals surface area contributed by atoms with Gasteiger partial charge in [0, 0.05) is 33.2 Å². The van der Waals surface area contributed by atoms with Crippen molar-refractivity contribution in [1.29, 1.82) is 0 Å². The maximum Gasteiger partial charge on any atom is 1.00 e. The van der Waals surface area contributed by atoms with Crippen LogP contribution in [0.1, 0.15) is 15.9 Å². The fourth-order valence-electron chi connectivity index (χ4n) is 7.11. The number of nitrogens with two attached hydrogens (primary N) is 2. The molecular weight excluding hydrogens is 1090 g/mol. The second-order valence-corrected chi connectivity index (χ2v) is 20.6. The van der Waals surface area contributed by atoms with Crippen molar-refractivity contribution >= 4 is 136 Å². The zero-order chi connectivity index (χ0) is 52.1. The standard InChI is InChI=1S/C42H29N11O15S4.K.Na/c43-28-19-29(44)38(53(55)56)20-36(28)51-49-34-14-16-39(71(63,64)65)26-8-9-35(42(54)41(26)34)50-48-33-13-12-32(25-7-5-21(17-27(25)33)69(57,58)59)46-45-30-10-11-31(24-4-2-1-3-23(24)30)47-52-37-18-22(70(60,61)62)6-15-40(37)72(66,67)68;;/h1-20,48H,43-44H2,(H,57,58,59)(H,60,61,62)(H,63,64,65)(H,66,67,68);;/q;2*+1/b46-45?,50-35+,51-49?,52-47?;;. The molecule has 0 radical (unpaired) electrons. The molecule has 0 aliphatic heterocycles. The zero-order valence-electron chi connectivity index (χ0n) is 37.7. The fourth-order valence-corrected chi connectivity index (χ4v) is 9.41. The number of nitro groups is 1. The summed E-state index contributed by atoms with van der Waals surface area (Å²) in [4.78, 5) is 22.0. The van der Waals surface area contributed by atoms with Crippen molar-refractivity contribution in [2.75, 3.05) is 16.9 Å². The van der Waals surface area contributed by atoms with Gasteiger partial charge in [0.1, 0.15) is 32.6 Å². The summed E-state index contributed by atoms with van der Waals surface area (Å²) in [6.45, 7) is 0. The molecule has 0 unspecified atom stereocenters. The fraction of sp³-hybridized carbons (Fsp3) is 0. The number of hydrogen-bond donors (Lipinski definition) is 7. The van der Waals surface area contributed by atoms with Gasteiger partial charge in [0.25, 0.3) is 46.2 Å². The van der Waals surface area contributed by atoms with Gasteiger partial charge >= 0.3 is 80.9 Å². The number of fused-ring (bicyclic) bond motifs is 3. The van der Waals surface area contributed by atoms with E-state index in [1.54, 1.807) is 24.3 Å². The van der Waals surface area contributed by atoms with Gasteiger partial charge in [-0.15, -0.1) is 30.7 Å². The van der Waals surface area contributed by atoms with E-state index in [0.29, 0.717) is 16.8 Å². The number of nitro benzene ring substituents is 1. The SMILES string of the molecule is Nc1cc(N)c([N+](=O)[O-])cc1N=Nc1ccc(S(=O)(=O)O)c2c1C(=O)/C(=N/Nc1ccc(N=Nc3ccc(N=Nc4cc(S(=O)(=O)O)ccc4S(=O)(=O)O)c4ccccc34)c3ccc(S(=O)(=O)O)cc13)C=C2.[K+].[Na+]. The van der Waals surface area contributed by atoms with E-state index in [2.05, 4.69) is 41.2 Å². The van der Waals surface area contributed by atoms with Gasteiger partial charge in [-0.1, -0.05) is 36.4 Å². The molecule has 0 bridgehead atoms. The molecule has 9 N–H and O–H groups in total. The van der Waals surface area contributed by atoms with Crippen molar-refractivity contribution in [3.05, 3.63) is 137 Å². The van der Waals surface area contributed by atoms with Crippen LogP contribution in [0.3, 0.4) is 0 Å². The molecule has 0 spiro atoms. The molecule has 8 rings (SSSR count). The molecule has 0 atom stereocenters. The number of anilines is 3. The van der Waals surface area contributed by atoms with Crippen LogP contribution in [0.2, 0.25) is 0 Å². The molecule has 0 aromatic heterocycles. The molecule has 32 heteroatoms. The topological polar surface area (TPSA) is 428 Å². The van der Waals surface area contributed by atoms with Crippen LogP contribution in [0, 0.1) is 10.1 Å². The molecule has 0 fully saturated rings. The van der Waals surface area contributed by atoms with Gasteiger partial charge in [0.2, 0.25) is 5.78 Å². The monoisotopic (exact) mass is 1120 g/mol. The number of allylic oxidation sites excluding steroid dienone is 1. The summed E-state index contributed by atoms with van der Waals surface area (Å²) < 4.78 is 136. The second-order valence-electron chi connectivity index (χ2n) is 15.0. The first kappa shape index (κ1) is 57.3. The van der Waals surface area contributed by atoms with E-state index >= 15 is 0 Å². The molecule has 0 heterocycles. The van der Waals surface area contributed by atoms with Gasteiger partial charge in [0.05, 0.1) is 54.4 Å². The number of rotatable bonds is 13. The van der Waals surface area contributed by atoms with E-state index in [1.807, 2.05) is 0 Å². The predicted molar refractivity (Wildman–Crippen MR) is 259 cm³/mol. The largest absolute Gasteiger partial charge is 1.00 e. The number of nitrogen functional groups attached to an aromatic ring is 2. The number of carbonyl (C=O) groups excluding carboxylic acids is 1. The number of azo groups is 3. The Hall–Kier alpha value is -5.98. The molecule has 74 heavy (non-hydrogen) atoms. The third kappa shape index (κ3) is 12.2. The summed E-state index contributed by atoms with van der Waals surface area (Å²) >= 11 is 0. The van der Waals surface area contributed by atoms with Gasteiger partial charge in [-0.05, 0) is 78.9 Å². The second kappa shape index (κ2) is 22.1. The maximum absolute atomic E-state index is 14.1. The smallest absolute Gasteiger partial charge is 0.397 e. The Labute approximate surface area is 482 Å². The third-order valence-electron chi connectivity index (χ3n) is 10.4. The number of hydrogen-bond acceptors (Lipinski definition) is 21. The van der Waals surface area contributed by atoms with E-state index in [1.165, 1.54) is 30.3 Å². The summed E-state index contributed by atoms with van der Waals surface area (Å²) in [6.07, 6.45) is 2.25. The Kier molecular flexibility index (Phi) is 17.1.